The highest BCUT2D eigenvalue weighted by Gasteiger charge is 2.19. The van der Waals surface area contributed by atoms with E-state index in [0.29, 0.717) is 6.42 Å². The fourth-order valence-corrected chi connectivity index (χ4v) is 3.78. The van der Waals surface area contributed by atoms with Crippen molar-refractivity contribution in [2.24, 2.45) is 0 Å². The summed E-state index contributed by atoms with van der Waals surface area (Å²) in [5.41, 5.74) is 1.84. The molecule has 0 saturated carbocycles. The molecule has 6 heteroatoms. The Labute approximate surface area is 138 Å². The molecule has 0 bridgehead atoms. The van der Waals surface area contributed by atoms with Gasteiger partial charge in [0.1, 0.15) is 5.01 Å². The fourth-order valence-electron chi connectivity index (χ4n) is 2.96. The second kappa shape index (κ2) is 6.20. The highest BCUT2D eigenvalue weighted by atomic mass is 32.1. The molecule has 120 valence electrons. The van der Waals surface area contributed by atoms with Gasteiger partial charge in [-0.2, -0.15) is 0 Å². The van der Waals surface area contributed by atoms with Crippen molar-refractivity contribution in [3.63, 3.8) is 0 Å². The van der Waals surface area contributed by atoms with E-state index >= 15 is 0 Å². The number of nitrogens with zero attached hydrogens (tertiary/aromatic N) is 2. The van der Waals surface area contributed by atoms with Crippen LogP contribution in [0.5, 0.6) is 11.5 Å². The predicted octanol–water partition coefficient (Wildman–Crippen LogP) is 3.09. The Balaban J connectivity index is 1.47. The molecule has 0 spiro atoms. The van der Waals surface area contributed by atoms with Gasteiger partial charge in [0.25, 0.3) is 0 Å². The Hall–Kier alpha value is -2.08. The lowest BCUT2D eigenvalue weighted by atomic mass is 10.1. The van der Waals surface area contributed by atoms with E-state index in [9.17, 15) is 4.79 Å². The Kier molecular flexibility index (Phi) is 3.91. The fraction of sp³-hybridized carbons (Fsp3) is 0.412. The summed E-state index contributed by atoms with van der Waals surface area (Å²) in [5.74, 6) is 1.71. The molecule has 1 fully saturated rings. The van der Waals surface area contributed by atoms with Crippen molar-refractivity contribution in [2.75, 3.05) is 19.9 Å². The van der Waals surface area contributed by atoms with Crippen molar-refractivity contribution in [3.05, 3.63) is 29.3 Å². The zero-order chi connectivity index (χ0) is 15.6. The monoisotopic (exact) mass is 330 g/mol. The van der Waals surface area contributed by atoms with Gasteiger partial charge in [-0.3, -0.25) is 4.79 Å². The lowest BCUT2D eigenvalue weighted by Gasteiger charge is -2.26. The molecule has 1 aromatic carbocycles. The first-order valence-corrected chi connectivity index (χ1v) is 8.80. The Morgan fingerprint density at radius 2 is 2.00 bits per heavy atom. The van der Waals surface area contributed by atoms with Gasteiger partial charge in [-0.05, 0) is 37.5 Å². The number of hydrogen-bond acceptors (Lipinski definition) is 5. The van der Waals surface area contributed by atoms with Crippen molar-refractivity contribution in [2.45, 2.75) is 25.7 Å². The normalized spacial score (nSPS) is 16.6. The van der Waals surface area contributed by atoms with E-state index in [1.807, 2.05) is 28.5 Å². The van der Waals surface area contributed by atoms with E-state index in [2.05, 4.69) is 4.98 Å². The van der Waals surface area contributed by atoms with Crippen LogP contribution in [0.3, 0.4) is 0 Å². The SMILES string of the molecule is O=C(Cc1csc(-c2ccc3c(c2)OCO3)n1)N1CCCCC1. The number of amides is 1. The second-order valence-corrected chi connectivity index (χ2v) is 6.69. The Morgan fingerprint density at radius 3 is 2.87 bits per heavy atom. The number of carbonyl (C=O) groups excluding carboxylic acids is 1. The lowest BCUT2D eigenvalue weighted by molar-refractivity contribution is -0.131. The van der Waals surface area contributed by atoms with Gasteiger partial charge in [-0.25, -0.2) is 4.98 Å². The van der Waals surface area contributed by atoms with Crippen LogP contribution in [0.1, 0.15) is 25.0 Å². The van der Waals surface area contributed by atoms with Gasteiger partial charge in [0.2, 0.25) is 12.7 Å². The Morgan fingerprint density at radius 1 is 1.17 bits per heavy atom. The summed E-state index contributed by atoms with van der Waals surface area (Å²) in [6, 6.07) is 5.82. The highest BCUT2D eigenvalue weighted by molar-refractivity contribution is 7.13. The lowest BCUT2D eigenvalue weighted by Crippen LogP contribution is -2.36. The average Bonchev–Trinajstić information content (AvgIpc) is 3.23. The topological polar surface area (TPSA) is 51.7 Å². The van der Waals surface area contributed by atoms with Gasteiger partial charge in [0.05, 0.1) is 12.1 Å². The molecule has 3 heterocycles. The van der Waals surface area contributed by atoms with Crippen molar-refractivity contribution in [1.82, 2.24) is 9.88 Å². The van der Waals surface area contributed by atoms with Gasteiger partial charge < -0.3 is 14.4 Å². The van der Waals surface area contributed by atoms with Crippen LogP contribution in [0, 0.1) is 0 Å². The molecule has 0 aliphatic carbocycles. The minimum atomic E-state index is 0.187. The third kappa shape index (κ3) is 3.03. The van der Waals surface area contributed by atoms with Gasteiger partial charge in [-0.15, -0.1) is 11.3 Å². The number of rotatable bonds is 3. The maximum atomic E-state index is 12.3. The average molecular weight is 330 g/mol. The summed E-state index contributed by atoms with van der Waals surface area (Å²) in [6.45, 7) is 2.04. The van der Waals surface area contributed by atoms with Crippen molar-refractivity contribution < 1.29 is 14.3 Å². The quantitative estimate of drug-likeness (QED) is 0.868. The van der Waals surface area contributed by atoms with E-state index in [4.69, 9.17) is 9.47 Å². The largest absolute Gasteiger partial charge is 0.454 e. The summed E-state index contributed by atoms with van der Waals surface area (Å²) in [5, 5.41) is 2.88. The molecule has 2 aromatic rings. The van der Waals surface area contributed by atoms with Gasteiger partial charge in [0.15, 0.2) is 11.5 Å². The van der Waals surface area contributed by atoms with Crippen LogP contribution in [0.15, 0.2) is 23.6 Å². The van der Waals surface area contributed by atoms with E-state index in [1.54, 1.807) is 11.3 Å². The van der Waals surface area contributed by atoms with Crippen molar-refractivity contribution >= 4 is 17.2 Å². The number of ether oxygens (including phenoxy) is 2. The summed E-state index contributed by atoms with van der Waals surface area (Å²) in [7, 11) is 0. The predicted molar refractivity (Wildman–Crippen MR) is 87.8 cm³/mol. The zero-order valence-corrected chi connectivity index (χ0v) is 13.6. The number of hydrogen-bond donors (Lipinski definition) is 0. The van der Waals surface area contributed by atoms with Crippen LogP contribution in [0.4, 0.5) is 0 Å². The number of carbonyl (C=O) groups is 1. The summed E-state index contributed by atoms with van der Waals surface area (Å²) in [6.07, 6.45) is 3.85. The molecule has 0 N–H and O–H groups in total. The minimum Gasteiger partial charge on any atom is -0.454 e. The first-order valence-electron chi connectivity index (χ1n) is 7.92. The third-order valence-electron chi connectivity index (χ3n) is 4.21. The van der Waals surface area contributed by atoms with E-state index < -0.39 is 0 Å². The molecule has 0 unspecified atom stereocenters. The Bertz CT molecular complexity index is 722. The van der Waals surface area contributed by atoms with Crippen LogP contribution in [-0.4, -0.2) is 35.7 Å². The van der Waals surface area contributed by atoms with Crippen LogP contribution >= 0.6 is 11.3 Å². The number of likely N-dealkylation sites (tertiary alicyclic amines) is 1. The van der Waals surface area contributed by atoms with Gasteiger partial charge >= 0.3 is 0 Å². The number of piperidine rings is 1. The first-order chi connectivity index (χ1) is 11.3. The minimum absolute atomic E-state index is 0.187. The zero-order valence-electron chi connectivity index (χ0n) is 12.8. The van der Waals surface area contributed by atoms with E-state index in [1.165, 1.54) is 6.42 Å². The maximum absolute atomic E-state index is 12.3. The summed E-state index contributed by atoms with van der Waals surface area (Å²) in [4.78, 5) is 18.9. The van der Waals surface area contributed by atoms with E-state index in [0.717, 1.165) is 53.7 Å². The molecular weight excluding hydrogens is 312 g/mol. The maximum Gasteiger partial charge on any atom is 0.231 e. The summed E-state index contributed by atoms with van der Waals surface area (Å²) < 4.78 is 10.7. The van der Waals surface area contributed by atoms with Gasteiger partial charge in [0, 0.05) is 24.0 Å². The standard InChI is InChI=1S/C17H18N2O3S/c20-16(19-6-2-1-3-7-19)9-13-10-23-17(18-13)12-4-5-14-15(8-12)22-11-21-14/h4-5,8,10H,1-3,6-7,9,11H2. The number of benzene rings is 1. The molecule has 0 atom stereocenters. The van der Waals surface area contributed by atoms with Crippen LogP contribution in [-0.2, 0) is 11.2 Å². The van der Waals surface area contributed by atoms with Gasteiger partial charge in [-0.1, -0.05) is 0 Å². The number of aromatic nitrogens is 1. The third-order valence-corrected chi connectivity index (χ3v) is 5.15. The van der Waals surface area contributed by atoms with Crippen molar-refractivity contribution in [1.29, 1.82) is 0 Å². The highest BCUT2D eigenvalue weighted by Crippen LogP contribution is 2.36. The molecule has 2 aliphatic rings. The molecular formula is C17H18N2O3S. The number of thiazole rings is 1. The molecule has 2 aliphatic heterocycles. The molecule has 4 rings (SSSR count). The van der Waals surface area contributed by atoms with E-state index in [-0.39, 0.29) is 12.7 Å². The molecule has 5 nitrogen and oxygen atoms in total. The summed E-state index contributed by atoms with van der Waals surface area (Å²) >= 11 is 1.56. The molecule has 1 aromatic heterocycles. The second-order valence-electron chi connectivity index (χ2n) is 5.83. The molecule has 0 radical (unpaired) electrons. The van der Waals surface area contributed by atoms with Crippen LogP contribution in [0.25, 0.3) is 10.6 Å². The van der Waals surface area contributed by atoms with Crippen molar-refractivity contribution in [3.8, 4) is 22.1 Å². The molecule has 23 heavy (non-hydrogen) atoms. The van der Waals surface area contributed by atoms with Crippen LogP contribution in [0.2, 0.25) is 0 Å². The first kappa shape index (κ1) is 14.5. The smallest absolute Gasteiger partial charge is 0.231 e. The molecule has 1 amide bonds. The van der Waals surface area contributed by atoms with Crippen LogP contribution < -0.4 is 9.47 Å². The number of fused-ring (bicyclic) bond motifs is 1. The molecule has 1 saturated heterocycles.